The first-order valence-corrected chi connectivity index (χ1v) is 10.7. The highest BCUT2D eigenvalue weighted by Gasteiger charge is 2.61. The summed E-state index contributed by atoms with van der Waals surface area (Å²) in [4.78, 5) is 12.1. The van der Waals surface area contributed by atoms with Crippen LogP contribution in [0.2, 0.25) is 0 Å². The van der Waals surface area contributed by atoms with Gasteiger partial charge in [0, 0.05) is 12.3 Å². The minimum Gasteiger partial charge on any atom is -0.374 e. The van der Waals surface area contributed by atoms with Crippen LogP contribution in [0.3, 0.4) is 0 Å². The molecule has 5 rings (SSSR count). The summed E-state index contributed by atoms with van der Waals surface area (Å²) in [5.74, 6) is 2.69. The monoisotopic (exact) mass is 343 g/mol. The van der Waals surface area contributed by atoms with Gasteiger partial charge in [-0.05, 0) is 86.4 Å². The third kappa shape index (κ3) is 2.27. The zero-order chi connectivity index (χ0) is 17.4. The largest absolute Gasteiger partial charge is 0.374 e. The van der Waals surface area contributed by atoms with E-state index >= 15 is 0 Å². The molecule has 3 heteroatoms. The lowest BCUT2D eigenvalue weighted by Gasteiger charge is -2.60. The van der Waals surface area contributed by atoms with Crippen LogP contribution >= 0.6 is 0 Å². The topological polar surface area (TPSA) is 50.2 Å². The van der Waals surface area contributed by atoms with E-state index in [0.29, 0.717) is 29.8 Å². The molecule has 1 N–H and O–H groups in total. The number of hydrogen-bond donors (Lipinski definition) is 1. The number of ketones is 1. The van der Waals surface area contributed by atoms with E-state index < -0.39 is 0 Å². The lowest BCUT2D eigenvalue weighted by Crippen LogP contribution is -2.56. The van der Waals surface area contributed by atoms with Gasteiger partial charge in [0.2, 0.25) is 0 Å². The lowest BCUT2D eigenvalue weighted by atomic mass is 9.45. The van der Waals surface area contributed by atoms with Gasteiger partial charge in [-0.2, -0.15) is 0 Å². The first-order valence-electron chi connectivity index (χ1n) is 10.7. The highest BCUT2D eigenvalue weighted by molar-refractivity contribution is 6.40. The van der Waals surface area contributed by atoms with Crippen molar-refractivity contribution in [2.45, 2.75) is 90.3 Å². The van der Waals surface area contributed by atoms with Crippen LogP contribution < -0.4 is 0 Å². The maximum atomic E-state index is 12.1. The first-order chi connectivity index (χ1) is 11.9. The summed E-state index contributed by atoms with van der Waals surface area (Å²) in [7, 11) is 0. The lowest BCUT2D eigenvalue weighted by molar-refractivity contribution is -0.129. The Labute approximate surface area is 151 Å². The summed E-state index contributed by atoms with van der Waals surface area (Å²) < 4.78 is 6.46. The van der Waals surface area contributed by atoms with Crippen molar-refractivity contribution in [1.82, 2.24) is 0 Å². The van der Waals surface area contributed by atoms with Gasteiger partial charge in [0.15, 0.2) is 5.78 Å². The van der Waals surface area contributed by atoms with Gasteiger partial charge < -0.3 is 10.1 Å². The molecule has 5 aliphatic rings. The number of fused-ring (bicyclic) bond motifs is 5. The van der Waals surface area contributed by atoms with Crippen LogP contribution in [0, 0.1) is 39.9 Å². The van der Waals surface area contributed by atoms with Crippen molar-refractivity contribution in [2.24, 2.45) is 34.5 Å². The molecule has 0 aliphatic heterocycles. The molecule has 0 aromatic rings. The van der Waals surface area contributed by atoms with E-state index in [2.05, 4.69) is 13.8 Å². The van der Waals surface area contributed by atoms with Gasteiger partial charge in [-0.25, -0.2) is 0 Å². The Morgan fingerprint density at radius 1 is 0.920 bits per heavy atom. The standard InChI is InChI=1S/C22H33NO2/c1-21-12-10-18(24)20(23)17(21)6-5-14-15-7-8-19(25-13-3-4-13)22(15,2)11-9-16(14)21/h13-17,19,23H,3-12H2,1-2H3/t14-,15-,16-,17?,19?,21+,22-/m0/s1. The number of ether oxygens (including phenoxy) is 1. The second kappa shape index (κ2) is 5.41. The van der Waals surface area contributed by atoms with Gasteiger partial charge in [0.1, 0.15) is 0 Å². The quantitative estimate of drug-likeness (QED) is 0.785. The zero-order valence-corrected chi connectivity index (χ0v) is 15.9. The van der Waals surface area contributed by atoms with Crippen molar-refractivity contribution in [3.8, 4) is 0 Å². The van der Waals surface area contributed by atoms with Gasteiger partial charge in [0.05, 0.1) is 17.9 Å². The Morgan fingerprint density at radius 2 is 1.68 bits per heavy atom. The summed E-state index contributed by atoms with van der Waals surface area (Å²) in [5, 5.41) is 8.38. The molecular weight excluding hydrogens is 310 g/mol. The summed E-state index contributed by atoms with van der Waals surface area (Å²) in [6, 6.07) is 0. The third-order valence-electron chi connectivity index (χ3n) is 9.20. The second-order valence-corrected chi connectivity index (χ2v) is 10.3. The summed E-state index contributed by atoms with van der Waals surface area (Å²) in [5.41, 5.74) is 1.04. The molecule has 5 aliphatic carbocycles. The molecule has 0 amide bonds. The molecule has 7 atom stereocenters. The second-order valence-electron chi connectivity index (χ2n) is 10.3. The number of carbonyl (C=O) groups is 1. The van der Waals surface area contributed by atoms with E-state index in [0.717, 1.165) is 30.6 Å². The van der Waals surface area contributed by atoms with Crippen LogP contribution in [0.25, 0.3) is 0 Å². The highest BCUT2D eigenvalue weighted by Crippen LogP contribution is 2.66. The molecule has 0 bridgehead atoms. The molecule has 25 heavy (non-hydrogen) atoms. The maximum absolute atomic E-state index is 12.1. The average Bonchev–Trinajstić information content (AvgIpc) is 3.34. The fraction of sp³-hybridized carbons (Fsp3) is 0.909. The molecule has 138 valence electrons. The summed E-state index contributed by atoms with van der Waals surface area (Å²) in [6.45, 7) is 4.94. The van der Waals surface area contributed by atoms with E-state index in [1.54, 1.807) is 0 Å². The van der Waals surface area contributed by atoms with E-state index in [1.165, 1.54) is 44.9 Å². The Kier molecular flexibility index (Phi) is 3.56. The van der Waals surface area contributed by atoms with E-state index in [-0.39, 0.29) is 17.1 Å². The molecule has 0 radical (unpaired) electrons. The first kappa shape index (κ1) is 16.5. The molecule has 5 fully saturated rings. The highest BCUT2D eigenvalue weighted by atomic mass is 16.5. The fourth-order valence-corrected chi connectivity index (χ4v) is 7.61. The van der Waals surface area contributed by atoms with Crippen LogP contribution in [0.15, 0.2) is 0 Å². The van der Waals surface area contributed by atoms with Crippen LogP contribution in [0.5, 0.6) is 0 Å². The van der Waals surface area contributed by atoms with Crippen molar-refractivity contribution >= 4 is 11.5 Å². The van der Waals surface area contributed by atoms with Crippen LogP contribution in [0.1, 0.15) is 78.1 Å². The molecule has 0 spiro atoms. The third-order valence-corrected chi connectivity index (χ3v) is 9.20. The van der Waals surface area contributed by atoms with E-state index in [4.69, 9.17) is 10.1 Å². The average molecular weight is 344 g/mol. The fourth-order valence-electron chi connectivity index (χ4n) is 7.61. The molecule has 5 saturated carbocycles. The minimum atomic E-state index is 0.125. The Morgan fingerprint density at radius 3 is 2.44 bits per heavy atom. The normalized spacial score (nSPS) is 52.5. The smallest absolute Gasteiger partial charge is 0.176 e. The number of carbonyl (C=O) groups excluding carboxylic acids is 1. The van der Waals surface area contributed by atoms with Crippen LogP contribution in [-0.2, 0) is 9.53 Å². The molecule has 0 aromatic heterocycles. The molecule has 3 nitrogen and oxygen atoms in total. The number of Topliss-reactive ketones (excluding diaryl/α,β-unsaturated/α-hetero) is 1. The van der Waals surface area contributed by atoms with Crippen LogP contribution in [-0.4, -0.2) is 23.7 Å². The zero-order valence-electron chi connectivity index (χ0n) is 15.9. The van der Waals surface area contributed by atoms with Crippen molar-refractivity contribution in [3.05, 3.63) is 0 Å². The number of rotatable bonds is 2. The van der Waals surface area contributed by atoms with Gasteiger partial charge >= 0.3 is 0 Å². The van der Waals surface area contributed by atoms with Gasteiger partial charge in [-0.1, -0.05) is 13.8 Å². The SMILES string of the molecule is C[C@]12CCC(=O)C(=N)C1CC[C@@H]1[C@@H]2CC[C@]2(C)C(OC3CC3)CC[C@@H]12. The van der Waals surface area contributed by atoms with Gasteiger partial charge in [0.25, 0.3) is 0 Å². The number of nitrogens with one attached hydrogen (secondary N) is 1. The minimum absolute atomic E-state index is 0.125. The van der Waals surface area contributed by atoms with Crippen molar-refractivity contribution in [1.29, 1.82) is 5.41 Å². The van der Waals surface area contributed by atoms with E-state index in [9.17, 15) is 4.79 Å². The van der Waals surface area contributed by atoms with E-state index in [1.807, 2.05) is 0 Å². The molecule has 0 saturated heterocycles. The van der Waals surface area contributed by atoms with Gasteiger partial charge in [-0.3, -0.25) is 4.79 Å². The molecule has 2 unspecified atom stereocenters. The predicted octanol–water partition coefficient (Wildman–Crippen LogP) is 4.78. The summed E-state index contributed by atoms with van der Waals surface area (Å²) >= 11 is 0. The summed E-state index contributed by atoms with van der Waals surface area (Å²) in [6.07, 6.45) is 12.7. The van der Waals surface area contributed by atoms with Crippen molar-refractivity contribution in [2.75, 3.05) is 0 Å². The van der Waals surface area contributed by atoms with Gasteiger partial charge in [-0.15, -0.1) is 0 Å². The van der Waals surface area contributed by atoms with Crippen molar-refractivity contribution in [3.63, 3.8) is 0 Å². The predicted molar refractivity (Wildman–Crippen MR) is 97.7 cm³/mol. The Bertz CT molecular complexity index is 611. The van der Waals surface area contributed by atoms with Crippen LogP contribution in [0.4, 0.5) is 0 Å². The van der Waals surface area contributed by atoms with Crippen molar-refractivity contribution < 1.29 is 9.53 Å². The molecular formula is C22H33NO2. The molecule has 0 aromatic carbocycles. The molecule has 0 heterocycles. The Hall–Kier alpha value is -0.700. The number of hydrogen-bond acceptors (Lipinski definition) is 3. The maximum Gasteiger partial charge on any atom is 0.176 e. The Balaban J connectivity index is 1.41.